The van der Waals surface area contributed by atoms with Gasteiger partial charge < -0.3 is 15.0 Å². The third-order valence-electron chi connectivity index (χ3n) is 2.84. The number of aryl methyl sites for hydroxylation is 1. The fourth-order valence-electron chi connectivity index (χ4n) is 1.97. The highest BCUT2D eigenvalue weighted by atomic mass is 16.5. The van der Waals surface area contributed by atoms with Gasteiger partial charge in [-0.1, -0.05) is 0 Å². The van der Waals surface area contributed by atoms with E-state index in [0.717, 1.165) is 12.2 Å². The standard InChI is InChI=1S/C12H18N4O2/c1-3-18-11(17)10-8-13-6-7-16(10)12-14-5-4-9(2)15-12/h4-5,10,13H,3,6-8H2,1-2H3. The highest BCUT2D eigenvalue weighted by Gasteiger charge is 2.31. The van der Waals surface area contributed by atoms with E-state index in [0.29, 0.717) is 25.6 Å². The Morgan fingerprint density at radius 2 is 2.50 bits per heavy atom. The summed E-state index contributed by atoms with van der Waals surface area (Å²) in [4.78, 5) is 22.4. The van der Waals surface area contributed by atoms with Gasteiger partial charge in [0.15, 0.2) is 0 Å². The minimum atomic E-state index is -0.347. The number of hydrogen-bond acceptors (Lipinski definition) is 6. The molecule has 0 spiro atoms. The number of carbonyl (C=O) groups is 1. The molecule has 2 heterocycles. The number of carbonyl (C=O) groups excluding carboxylic acids is 1. The van der Waals surface area contributed by atoms with Crippen molar-refractivity contribution in [2.75, 3.05) is 31.1 Å². The van der Waals surface area contributed by atoms with Crippen LogP contribution in [0.2, 0.25) is 0 Å². The van der Waals surface area contributed by atoms with Crippen molar-refractivity contribution in [3.05, 3.63) is 18.0 Å². The number of ether oxygens (including phenoxy) is 1. The Bertz CT molecular complexity index is 424. The number of nitrogens with one attached hydrogen (secondary N) is 1. The van der Waals surface area contributed by atoms with E-state index in [-0.39, 0.29) is 12.0 Å². The molecule has 1 aromatic rings. The van der Waals surface area contributed by atoms with Crippen LogP contribution in [0.1, 0.15) is 12.6 Å². The second-order valence-corrected chi connectivity index (χ2v) is 4.16. The first-order valence-corrected chi connectivity index (χ1v) is 6.16. The van der Waals surface area contributed by atoms with Crippen molar-refractivity contribution in [2.45, 2.75) is 19.9 Å². The Labute approximate surface area is 106 Å². The molecule has 98 valence electrons. The smallest absolute Gasteiger partial charge is 0.330 e. The number of piperazine rings is 1. The van der Waals surface area contributed by atoms with Crippen molar-refractivity contribution < 1.29 is 9.53 Å². The van der Waals surface area contributed by atoms with Crippen LogP contribution in [0.4, 0.5) is 5.95 Å². The van der Waals surface area contributed by atoms with Crippen LogP contribution >= 0.6 is 0 Å². The van der Waals surface area contributed by atoms with E-state index < -0.39 is 0 Å². The molecule has 1 N–H and O–H groups in total. The van der Waals surface area contributed by atoms with Crippen LogP contribution in [0, 0.1) is 6.92 Å². The summed E-state index contributed by atoms with van der Waals surface area (Å²) in [6.45, 7) is 6.18. The van der Waals surface area contributed by atoms with E-state index in [2.05, 4.69) is 15.3 Å². The summed E-state index contributed by atoms with van der Waals surface area (Å²) in [5.41, 5.74) is 0.890. The van der Waals surface area contributed by atoms with E-state index in [1.807, 2.05) is 24.8 Å². The normalized spacial score (nSPS) is 19.7. The Morgan fingerprint density at radius 1 is 1.67 bits per heavy atom. The van der Waals surface area contributed by atoms with Crippen molar-refractivity contribution in [1.29, 1.82) is 0 Å². The average Bonchev–Trinajstić information content (AvgIpc) is 2.39. The average molecular weight is 250 g/mol. The summed E-state index contributed by atoms with van der Waals surface area (Å²) >= 11 is 0. The molecule has 0 radical (unpaired) electrons. The molecule has 6 heteroatoms. The summed E-state index contributed by atoms with van der Waals surface area (Å²) in [5, 5.41) is 3.19. The first-order valence-electron chi connectivity index (χ1n) is 6.16. The molecule has 1 aliphatic rings. The molecule has 1 aromatic heterocycles. The molecule has 1 unspecified atom stereocenters. The minimum absolute atomic E-state index is 0.227. The van der Waals surface area contributed by atoms with E-state index in [1.54, 1.807) is 6.20 Å². The lowest BCUT2D eigenvalue weighted by Crippen LogP contribution is -2.56. The fourth-order valence-corrected chi connectivity index (χ4v) is 1.97. The van der Waals surface area contributed by atoms with Gasteiger partial charge in [-0.2, -0.15) is 0 Å². The van der Waals surface area contributed by atoms with Crippen LogP contribution in [0.15, 0.2) is 12.3 Å². The lowest BCUT2D eigenvalue weighted by atomic mass is 10.2. The third-order valence-corrected chi connectivity index (χ3v) is 2.84. The zero-order valence-corrected chi connectivity index (χ0v) is 10.7. The largest absolute Gasteiger partial charge is 0.464 e. The van der Waals surface area contributed by atoms with Crippen LogP contribution in [0.5, 0.6) is 0 Å². The first kappa shape index (κ1) is 12.8. The summed E-state index contributed by atoms with van der Waals surface area (Å²) in [5.74, 6) is 0.365. The van der Waals surface area contributed by atoms with Gasteiger partial charge in [-0.25, -0.2) is 14.8 Å². The van der Waals surface area contributed by atoms with E-state index in [9.17, 15) is 4.79 Å². The van der Waals surface area contributed by atoms with Crippen LogP contribution in [0.3, 0.4) is 0 Å². The second-order valence-electron chi connectivity index (χ2n) is 4.16. The predicted octanol–water partition coefficient (Wildman–Crippen LogP) is 0.126. The molecule has 1 saturated heterocycles. The Balaban J connectivity index is 2.20. The zero-order valence-electron chi connectivity index (χ0n) is 10.7. The molecule has 1 fully saturated rings. The second kappa shape index (κ2) is 5.77. The first-order chi connectivity index (χ1) is 8.72. The third kappa shape index (κ3) is 2.76. The van der Waals surface area contributed by atoms with Crippen molar-refractivity contribution in [2.24, 2.45) is 0 Å². The van der Waals surface area contributed by atoms with Crippen LogP contribution in [-0.2, 0) is 9.53 Å². The monoisotopic (exact) mass is 250 g/mol. The molecule has 0 bridgehead atoms. The molecule has 6 nitrogen and oxygen atoms in total. The van der Waals surface area contributed by atoms with Crippen LogP contribution in [-0.4, -0.2) is 48.2 Å². The maximum atomic E-state index is 11.9. The molecule has 0 aliphatic carbocycles. The van der Waals surface area contributed by atoms with E-state index in [1.165, 1.54) is 0 Å². The number of anilines is 1. The topological polar surface area (TPSA) is 67.3 Å². The number of nitrogens with zero attached hydrogens (tertiary/aromatic N) is 3. The van der Waals surface area contributed by atoms with Crippen molar-refractivity contribution in [1.82, 2.24) is 15.3 Å². The zero-order chi connectivity index (χ0) is 13.0. The SMILES string of the molecule is CCOC(=O)C1CNCCN1c1nccc(C)n1. The summed E-state index contributed by atoms with van der Waals surface area (Å²) in [6.07, 6.45) is 1.71. The van der Waals surface area contributed by atoms with Crippen LogP contribution < -0.4 is 10.2 Å². The molecular weight excluding hydrogens is 232 g/mol. The quantitative estimate of drug-likeness (QED) is 0.769. The Morgan fingerprint density at radius 3 is 3.22 bits per heavy atom. The number of hydrogen-bond donors (Lipinski definition) is 1. The summed E-state index contributed by atoms with van der Waals surface area (Å²) < 4.78 is 5.09. The summed E-state index contributed by atoms with van der Waals surface area (Å²) in [7, 11) is 0. The molecule has 2 rings (SSSR count). The lowest BCUT2D eigenvalue weighted by molar-refractivity contribution is -0.144. The van der Waals surface area contributed by atoms with Gasteiger partial charge in [-0.3, -0.25) is 0 Å². The molecule has 0 saturated carbocycles. The number of aromatic nitrogens is 2. The van der Waals surface area contributed by atoms with E-state index >= 15 is 0 Å². The fraction of sp³-hybridized carbons (Fsp3) is 0.583. The van der Waals surface area contributed by atoms with Crippen LogP contribution in [0.25, 0.3) is 0 Å². The number of rotatable bonds is 3. The van der Waals surface area contributed by atoms with Crippen molar-refractivity contribution in [3.8, 4) is 0 Å². The highest BCUT2D eigenvalue weighted by molar-refractivity contribution is 5.80. The molecule has 18 heavy (non-hydrogen) atoms. The Kier molecular flexibility index (Phi) is 4.09. The molecule has 0 amide bonds. The Hall–Kier alpha value is -1.69. The predicted molar refractivity (Wildman–Crippen MR) is 67.4 cm³/mol. The van der Waals surface area contributed by atoms with Gasteiger partial charge in [0, 0.05) is 31.5 Å². The molecular formula is C12H18N4O2. The lowest BCUT2D eigenvalue weighted by Gasteiger charge is -2.34. The maximum absolute atomic E-state index is 11.9. The van der Waals surface area contributed by atoms with Gasteiger partial charge in [-0.05, 0) is 19.9 Å². The van der Waals surface area contributed by atoms with E-state index in [4.69, 9.17) is 4.74 Å². The minimum Gasteiger partial charge on any atom is -0.464 e. The van der Waals surface area contributed by atoms with Crippen molar-refractivity contribution >= 4 is 11.9 Å². The van der Waals surface area contributed by atoms with Crippen molar-refractivity contribution in [3.63, 3.8) is 0 Å². The van der Waals surface area contributed by atoms with Gasteiger partial charge in [-0.15, -0.1) is 0 Å². The highest BCUT2D eigenvalue weighted by Crippen LogP contribution is 2.14. The molecule has 0 aromatic carbocycles. The maximum Gasteiger partial charge on any atom is 0.330 e. The van der Waals surface area contributed by atoms with Gasteiger partial charge in [0.05, 0.1) is 6.61 Å². The summed E-state index contributed by atoms with van der Waals surface area (Å²) in [6, 6.07) is 1.49. The molecule has 1 atom stereocenters. The van der Waals surface area contributed by atoms with Gasteiger partial charge in [0.1, 0.15) is 6.04 Å². The molecule has 1 aliphatic heterocycles. The van der Waals surface area contributed by atoms with Gasteiger partial charge >= 0.3 is 5.97 Å². The van der Waals surface area contributed by atoms with Gasteiger partial charge in [0.2, 0.25) is 5.95 Å². The number of esters is 1. The van der Waals surface area contributed by atoms with Gasteiger partial charge in [0.25, 0.3) is 0 Å².